The molecule has 0 spiro atoms. The lowest BCUT2D eigenvalue weighted by Gasteiger charge is -2.11. The molecule has 0 aliphatic rings. The Bertz CT molecular complexity index is 1430. The van der Waals surface area contributed by atoms with Crippen LogP contribution in [-0.2, 0) is 17.9 Å². The lowest BCUT2D eigenvalue weighted by atomic mass is 10.1. The van der Waals surface area contributed by atoms with Crippen LogP contribution in [0.3, 0.4) is 0 Å². The highest BCUT2D eigenvalue weighted by atomic mass is 16.4. The van der Waals surface area contributed by atoms with E-state index in [9.17, 15) is 14.4 Å². The van der Waals surface area contributed by atoms with E-state index < -0.39 is 5.97 Å². The van der Waals surface area contributed by atoms with Gasteiger partial charge in [-0.25, -0.2) is 14.6 Å². The molecule has 0 radical (unpaired) electrons. The molecule has 0 aliphatic heterocycles. The minimum Gasteiger partial charge on any atom is -0.478 e. The molecule has 4 rings (SSSR count). The SMILES string of the molecule is CCCCn1c(=O)c2[nH]c(-c3ccc(C=CC(=O)O)cc3)nc2n(Cc2ccccc2)c1=O. The van der Waals surface area contributed by atoms with Gasteiger partial charge in [0, 0.05) is 18.2 Å². The first kappa shape index (κ1) is 22.0. The molecule has 0 unspecified atom stereocenters. The van der Waals surface area contributed by atoms with E-state index >= 15 is 0 Å². The number of hydrogen-bond donors (Lipinski definition) is 2. The number of aromatic nitrogens is 4. The van der Waals surface area contributed by atoms with Crippen LogP contribution in [0.1, 0.15) is 30.9 Å². The zero-order valence-corrected chi connectivity index (χ0v) is 18.2. The third-order valence-electron chi connectivity index (χ3n) is 5.38. The summed E-state index contributed by atoms with van der Waals surface area (Å²) in [5.74, 6) is -0.558. The van der Waals surface area contributed by atoms with E-state index in [1.54, 1.807) is 24.3 Å². The van der Waals surface area contributed by atoms with Gasteiger partial charge in [-0.1, -0.05) is 67.9 Å². The Labute approximate surface area is 189 Å². The summed E-state index contributed by atoms with van der Waals surface area (Å²) < 4.78 is 2.81. The lowest BCUT2D eigenvalue weighted by Crippen LogP contribution is -2.40. The number of benzene rings is 2. The van der Waals surface area contributed by atoms with Gasteiger partial charge in [-0.15, -0.1) is 0 Å². The lowest BCUT2D eigenvalue weighted by molar-refractivity contribution is -0.131. The van der Waals surface area contributed by atoms with Crippen LogP contribution in [-0.4, -0.2) is 30.2 Å². The van der Waals surface area contributed by atoms with Gasteiger partial charge >= 0.3 is 11.7 Å². The summed E-state index contributed by atoms with van der Waals surface area (Å²) in [5, 5.41) is 8.78. The Morgan fingerprint density at radius 1 is 1.06 bits per heavy atom. The van der Waals surface area contributed by atoms with Crippen LogP contribution >= 0.6 is 0 Å². The molecule has 2 heterocycles. The Kier molecular flexibility index (Phi) is 6.35. The highest BCUT2D eigenvalue weighted by molar-refractivity contribution is 5.85. The van der Waals surface area contributed by atoms with Crippen LogP contribution in [0.4, 0.5) is 0 Å². The van der Waals surface area contributed by atoms with Gasteiger partial charge in [0.25, 0.3) is 5.56 Å². The maximum atomic E-state index is 13.2. The molecule has 2 aromatic carbocycles. The Morgan fingerprint density at radius 3 is 2.45 bits per heavy atom. The number of aromatic amines is 1. The molecular formula is C25H24N4O4. The quantitative estimate of drug-likeness (QED) is 0.404. The number of fused-ring (bicyclic) bond motifs is 1. The number of unbranched alkanes of at least 4 members (excludes halogenated alkanes) is 1. The second-order valence-corrected chi connectivity index (χ2v) is 7.74. The van der Waals surface area contributed by atoms with Gasteiger partial charge in [-0.05, 0) is 23.6 Å². The van der Waals surface area contributed by atoms with Crippen LogP contribution in [0.25, 0.3) is 28.6 Å². The molecule has 0 saturated heterocycles. The summed E-state index contributed by atoms with van der Waals surface area (Å²) in [6, 6.07) is 16.7. The fourth-order valence-corrected chi connectivity index (χ4v) is 3.64. The number of hydrogen-bond acceptors (Lipinski definition) is 4. The first-order chi connectivity index (χ1) is 16.0. The number of H-pyrrole nitrogens is 1. The number of carbonyl (C=O) groups is 1. The van der Waals surface area contributed by atoms with Crippen molar-refractivity contribution in [3.8, 4) is 11.4 Å². The topological polar surface area (TPSA) is 110 Å². The number of rotatable bonds is 8. The predicted octanol–water partition coefficient (Wildman–Crippen LogP) is 3.50. The van der Waals surface area contributed by atoms with Crippen LogP contribution in [0, 0.1) is 0 Å². The number of carboxylic acid groups (broad SMARTS) is 1. The van der Waals surface area contributed by atoms with Gasteiger partial charge < -0.3 is 10.1 Å². The van der Waals surface area contributed by atoms with Crippen LogP contribution in [0.5, 0.6) is 0 Å². The third-order valence-corrected chi connectivity index (χ3v) is 5.38. The van der Waals surface area contributed by atoms with Crippen molar-refractivity contribution in [1.82, 2.24) is 19.1 Å². The maximum absolute atomic E-state index is 13.2. The van der Waals surface area contributed by atoms with Gasteiger partial charge in [0.15, 0.2) is 5.65 Å². The molecule has 2 N–H and O–H groups in total. The summed E-state index contributed by atoms with van der Waals surface area (Å²) in [6.07, 6.45) is 4.14. The van der Waals surface area contributed by atoms with E-state index in [2.05, 4.69) is 9.97 Å². The van der Waals surface area contributed by atoms with Crippen molar-refractivity contribution < 1.29 is 9.90 Å². The number of imidazole rings is 1. The molecule has 0 amide bonds. The first-order valence-electron chi connectivity index (χ1n) is 10.8. The fraction of sp³-hybridized carbons (Fsp3) is 0.200. The van der Waals surface area contributed by atoms with Crippen molar-refractivity contribution in [1.29, 1.82) is 0 Å². The largest absolute Gasteiger partial charge is 0.478 e. The first-order valence-corrected chi connectivity index (χ1v) is 10.8. The maximum Gasteiger partial charge on any atom is 0.333 e. The minimum atomic E-state index is -1.02. The van der Waals surface area contributed by atoms with Gasteiger partial charge in [0.2, 0.25) is 0 Å². The molecule has 8 nitrogen and oxygen atoms in total. The molecule has 8 heteroatoms. The molecule has 33 heavy (non-hydrogen) atoms. The number of nitrogens with zero attached hydrogens (tertiary/aromatic N) is 3. The van der Waals surface area contributed by atoms with Crippen molar-refractivity contribution in [3.63, 3.8) is 0 Å². The second-order valence-electron chi connectivity index (χ2n) is 7.74. The van der Waals surface area contributed by atoms with Crippen LogP contribution in [0.15, 0.2) is 70.3 Å². The van der Waals surface area contributed by atoms with Gasteiger partial charge in [0.05, 0.1) is 6.54 Å². The van der Waals surface area contributed by atoms with E-state index in [0.717, 1.165) is 35.6 Å². The molecule has 2 aromatic heterocycles. The Balaban J connectivity index is 1.83. The molecule has 168 valence electrons. The van der Waals surface area contributed by atoms with E-state index in [4.69, 9.17) is 5.11 Å². The predicted molar refractivity (Wildman–Crippen MR) is 127 cm³/mol. The molecule has 0 bridgehead atoms. The molecule has 0 saturated carbocycles. The summed E-state index contributed by atoms with van der Waals surface area (Å²) in [4.78, 5) is 44.8. The van der Waals surface area contributed by atoms with Crippen molar-refractivity contribution in [2.75, 3.05) is 0 Å². The van der Waals surface area contributed by atoms with Crippen LogP contribution < -0.4 is 11.2 Å². The summed E-state index contributed by atoms with van der Waals surface area (Å²) in [7, 11) is 0. The average Bonchev–Trinajstić information content (AvgIpc) is 3.27. The number of aliphatic carboxylic acids is 1. The van der Waals surface area contributed by atoms with Crippen molar-refractivity contribution in [2.24, 2.45) is 0 Å². The minimum absolute atomic E-state index is 0.284. The van der Waals surface area contributed by atoms with E-state index in [0.29, 0.717) is 24.6 Å². The smallest absolute Gasteiger partial charge is 0.333 e. The van der Waals surface area contributed by atoms with Gasteiger partial charge in [-0.2, -0.15) is 0 Å². The molecular weight excluding hydrogens is 420 g/mol. The molecule has 0 aliphatic carbocycles. The highest BCUT2D eigenvalue weighted by Gasteiger charge is 2.18. The van der Waals surface area contributed by atoms with Crippen molar-refractivity contribution >= 4 is 23.2 Å². The molecule has 4 aromatic rings. The standard InChI is InChI=1S/C25H24N4O4/c1-2-3-15-28-24(32)21-23(29(25(28)33)16-18-7-5-4-6-8-18)27-22(26-21)19-12-9-17(10-13-19)11-14-20(30)31/h4-14H,2-3,15-16H2,1H3,(H,26,27)(H,30,31). The summed E-state index contributed by atoms with van der Waals surface area (Å²) in [6.45, 7) is 2.65. The summed E-state index contributed by atoms with van der Waals surface area (Å²) in [5.41, 5.74) is 2.21. The average molecular weight is 444 g/mol. The third kappa shape index (κ3) is 4.69. The monoisotopic (exact) mass is 444 g/mol. The number of nitrogens with one attached hydrogen (secondary N) is 1. The Morgan fingerprint density at radius 2 is 1.79 bits per heavy atom. The van der Waals surface area contributed by atoms with Crippen molar-refractivity contribution in [3.05, 3.63) is 92.6 Å². The molecule has 0 fully saturated rings. The van der Waals surface area contributed by atoms with E-state index in [1.807, 2.05) is 37.3 Å². The highest BCUT2D eigenvalue weighted by Crippen LogP contribution is 2.20. The second kappa shape index (κ2) is 9.52. The van der Waals surface area contributed by atoms with Crippen LogP contribution in [0.2, 0.25) is 0 Å². The number of carboxylic acids is 1. The van der Waals surface area contributed by atoms with Gasteiger partial charge in [0.1, 0.15) is 11.3 Å². The van der Waals surface area contributed by atoms with E-state index in [-0.39, 0.29) is 16.8 Å². The van der Waals surface area contributed by atoms with Gasteiger partial charge in [-0.3, -0.25) is 13.9 Å². The zero-order chi connectivity index (χ0) is 23.4. The zero-order valence-electron chi connectivity index (χ0n) is 18.2. The Hall–Kier alpha value is -4.20. The van der Waals surface area contributed by atoms with E-state index in [1.165, 1.54) is 15.2 Å². The fourth-order valence-electron chi connectivity index (χ4n) is 3.64. The summed E-state index contributed by atoms with van der Waals surface area (Å²) >= 11 is 0. The van der Waals surface area contributed by atoms with Crippen molar-refractivity contribution in [2.45, 2.75) is 32.9 Å². The normalized spacial score (nSPS) is 11.4. The molecule has 0 atom stereocenters.